The number of nitrogens with zero attached hydrogens (tertiary/aromatic N) is 1. The van der Waals surface area contributed by atoms with E-state index >= 15 is 0 Å². The highest BCUT2D eigenvalue weighted by molar-refractivity contribution is 5.98. The predicted molar refractivity (Wildman–Crippen MR) is 85.5 cm³/mol. The van der Waals surface area contributed by atoms with Crippen LogP contribution in [0.1, 0.15) is 44.1 Å². The molecule has 0 aliphatic carbocycles. The van der Waals surface area contributed by atoms with E-state index in [4.69, 9.17) is 0 Å². The number of fused-ring (bicyclic) bond motifs is 1. The molecule has 1 aromatic carbocycles. The standard InChI is InChI=1S/C17H24N2O2/c1-11(2)15(10-20)18-17(21)14-6-5-13-7-8-19(12(3)4)16(13)9-14/h5-9,11-12,15,20H,10H2,1-4H3,(H,18,21)/t15-/m1/s1. The van der Waals surface area contributed by atoms with Crippen LogP contribution in [0.15, 0.2) is 30.5 Å². The molecular weight excluding hydrogens is 264 g/mol. The van der Waals surface area contributed by atoms with Gasteiger partial charge in [0.2, 0.25) is 0 Å². The minimum absolute atomic E-state index is 0.0476. The second-order valence-electron chi connectivity index (χ2n) is 6.10. The van der Waals surface area contributed by atoms with E-state index in [-0.39, 0.29) is 24.5 Å². The molecule has 0 spiro atoms. The van der Waals surface area contributed by atoms with Crippen molar-refractivity contribution in [3.63, 3.8) is 0 Å². The van der Waals surface area contributed by atoms with Gasteiger partial charge in [0.15, 0.2) is 0 Å². The van der Waals surface area contributed by atoms with Gasteiger partial charge in [-0.2, -0.15) is 0 Å². The van der Waals surface area contributed by atoms with Crippen molar-refractivity contribution in [1.82, 2.24) is 9.88 Å². The molecule has 114 valence electrons. The summed E-state index contributed by atoms with van der Waals surface area (Å²) in [5.41, 5.74) is 1.69. The van der Waals surface area contributed by atoms with Crippen molar-refractivity contribution >= 4 is 16.8 Å². The van der Waals surface area contributed by atoms with Gasteiger partial charge in [-0.25, -0.2) is 0 Å². The minimum Gasteiger partial charge on any atom is -0.394 e. The molecule has 4 heteroatoms. The van der Waals surface area contributed by atoms with Gasteiger partial charge in [0.1, 0.15) is 0 Å². The molecule has 0 radical (unpaired) electrons. The van der Waals surface area contributed by atoms with E-state index in [0.29, 0.717) is 11.6 Å². The smallest absolute Gasteiger partial charge is 0.251 e. The molecule has 0 saturated heterocycles. The van der Waals surface area contributed by atoms with Gasteiger partial charge in [-0.1, -0.05) is 19.9 Å². The van der Waals surface area contributed by atoms with Gasteiger partial charge in [-0.3, -0.25) is 4.79 Å². The topological polar surface area (TPSA) is 54.3 Å². The Kier molecular flexibility index (Phi) is 4.68. The van der Waals surface area contributed by atoms with Crippen LogP contribution in [0.2, 0.25) is 0 Å². The number of aromatic nitrogens is 1. The van der Waals surface area contributed by atoms with Gasteiger partial charge in [-0.15, -0.1) is 0 Å². The van der Waals surface area contributed by atoms with Crippen LogP contribution in [-0.4, -0.2) is 28.2 Å². The number of nitrogens with one attached hydrogen (secondary N) is 1. The minimum atomic E-state index is -0.218. The normalized spacial score (nSPS) is 13.1. The Bertz CT molecular complexity index is 629. The van der Waals surface area contributed by atoms with E-state index < -0.39 is 0 Å². The highest BCUT2D eigenvalue weighted by atomic mass is 16.3. The van der Waals surface area contributed by atoms with Crippen molar-refractivity contribution in [2.45, 2.75) is 39.8 Å². The van der Waals surface area contributed by atoms with Crippen LogP contribution in [0.5, 0.6) is 0 Å². The number of benzene rings is 1. The first kappa shape index (κ1) is 15.6. The highest BCUT2D eigenvalue weighted by Gasteiger charge is 2.17. The maximum absolute atomic E-state index is 12.3. The summed E-state index contributed by atoms with van der Waals surface area (Å²) in [4.78, 5) is 12.3. The van der Waals surface area contributed by atoms with E-state index in [2.05, 4.69) is 29.8 Å². The number of rotatable bonds is 5. The number of carbonyl (C=O) groups is 1. The van der Waals surface area contributed by atoms with Crippen LogP contribution in [-0.2, 0) is 0 Å². The molecule has 2 aromatic rings. The van der Waals surface area contributed by atoms with Crippen molar-refractivity contribution in [2.75, 3.05) is 6.61 Å². The second-order valence-corrected chi connectivity index (χ2v) is 6.10. The lowest BCUT2D eigenvalue weighted by atomic mass is 10.0. The third-order valence-corrected chi connectivity index (χ3v) is 3.86. The molecule has 1 heterocycles. The van der Waals surface area contributed by atoms with Crippen molar-refractivity contribution in [1.29, 1.82) is 0 Å². The number of hydrogen-bond donors (Lipinski definition) is 2. The van der Waals surface area contributed by atoms with Crippen molar-refractivity contribution < 1.29 is 9.90 Å². The largest absolute Gasteiger partial charge is 0.394 e. The fourth-order valence-electron chi connectivity index (χ4n) is 2.42. The molecular formula is C17H24N2O2. The summed E-state index contributed by atoms with van der Waals surface area (Å²) in [6.07, 6.45) is 2.04. The molecule has 1 amide bonds. The number of aliphatic hydroxyl groups is 1. The Morgan fingerprint density at radius 3 is 2.52 bits per heavy atom. The Hall–Kier alpha value is -1.81. The molecule has 0 fully saturated rings. The second kappa shape index (κ2) is 6.31. The van der Waals surface area contributed by atoms with Gasteiger partial charge in [0.05, 0.1) is 12.6 Å². The van der Waals surface area contributed by atoms with Crippen molar-refractivity contribution in [2.24, 2.45) is 5.92 Å². The average molecular weight is 288 g/mol. The Labute approximate surface area is 125 Å². The number of aliphatic hydroxyl groups excluding tert-OH is 1. The summed E-state index contributed by atoms with van der Waals surface area (Å²) < 4.78 is 2.15. The van der Waals surface area contributed by atoms with E-state index in [1.54, 1.807) is 0 Å². The first-order valence-corrected chi connectivity index (χ1v) is 7.46. The van der Waals surface area contributed by atoms with Crippen LogP contribution in [0.3, 0.4) is 0 Å². The lowest BCUT2D eigenvalue weighted by Gasteiger charge is -2.20. The van der Waals surface area contributed by atoms with Gasteiger partial charge in [0, 0.05) is 23.3 Å². The van der Waals surface area contributed by atoms with Gasteiger partial charge >= 0.3 is 0 Å². The summed E-state index contributed by atoms with van der Waals surface area (Å²) >= 11 is 0. The quantitative estimate of drug-likeness (QED) is 0.888. The molecule has 0 aliphatic heterocycles. The summed E-state index contributed by atoms with van der Waals surface area (Å²) in [7, 11) is 0. The van der Waals surface area contributed by atoms with E-state index in [1.807, 2.05) is 38.2 Å². The SMILES string of the molecule is CC(C)[C@@H](CO)NC(=O)c1ccc2ccn(C(C)C)c2c1. The third kappa shape index (κ3) is 3.27. The van der Waals surface area contributed by atoms with Crippen LogP contribution < -0.4 is 5.32 Å². The van der Waals surface area contributed by atoms with Gasteiger partial charge < -0.3 is 15.0 Å². The van der Waals surface area contributed by atoms with Crippen LogP contribution in [0.25, 0.3) is 10.9 Å². The molecule has 2 rings (SSSR count). The first-order valence-electron chi connectivity index (χ1n) is 7.46. The number of amides is 1. The summed E-state index contributed by atoms with van der Waals surface area (Å²) in [6, 6.07) is 7.90. The molecule has 0 aliphatic rings. The lowest BCUT2D eigenvalue weighted by Crippen LogP contribution is -2.41. The Morgan fingerprint density at radius 2 is 1.95 bits per heavy atom. The number of hydrogen-bond acceptors (Lipinski definition) is 2. The fourth-order valence-corrected chi connectivity index (χ4v) is 2.42. The zero-order valence-electron chi connectivity index (χ0n) is 13.1. The van der Waals surface area contributed by atoms with E-state index in [0.717, 1.165) is 10.9 Å². The van der Waals surface area contributed by atoms with Gasteiger partial charge in [0.25, 0.3) is 5.91 Å². The zero-order chi connectivity index (χ0) is 15.6. The molecule has 1 aromatic heterocycles. The average Bonchev–Trinajstić information content (AvgIpc) is 2.87. The summed E-state index contributed by atoms with van der Waals surface area (Å²) in [6.45, 7) is 8.15. The van der Waals surface area contributed by atoms with Crippen molar-refractivity contribution in [3.05, 3.63) is 36.0 Å². The maximum Gasteiger partial charge on any atom is 0.251 e. The molecule has 2 N–H and O–H groups in total. The zero-order valence-corrected chi connectivity index (χ0v) is 13.1. The maximum atomic E-state index is 12.3. The van der Waals surface area contributed by atoms with E-state index in [9.17, 15) is 9.90 Å². The Morgan fingerprint density at radius 1 is 1.24 bits per heavy atom. The summed E-state index contributed by atoms with van der Waals surface area (Å²) in [5.74, 6) is 0.0587. The molecule has 1 atom stereocenters. The fraction of sp³-hybridized carbons (Fsp3) is 0.471. The molecule has 0 bridgehead atoms. The van der Waals surface area contributed by atoms with Crippen molar-refractivity contribution in [3.8, 4) is 0 Å². The predicted octanol–water partition coefficient (Wildman–Crippen LogP) is 2.97. The lowest BCUT2D eigenvalue weighted by molar-refractivity contribution is 0.0897. The molecule has 0 saturated carbocycles. The number of carbonyl (C=O) groups excluding carboxylic acids is 1. The monoisotopic (exact) mass is 288 g/mol. The summed E-state index contributed by atoms with van der Waals surface area (Å²) in [5, 5.41) is 13.3. The van der Waals surface area contributed by atoms with Crippen LogP contribution in [0.4, 0.5) is 0 Å². The van der Waals surface area contributed by atoms with Gasteiger partial charge in [-0.05, 0) is 43.4 Å². The van der Waals surface area contributed by atoms with Crippen LogP contribution in [0, 0.1) is 5.92 Å². The van der Waals surface area contributed by atoms with E-state index in [1.165, 1.54) is 0 Å². The molecule has 0 unspecified atom stereocenters. The third-order valence-electron chi connectivity index (χ3n) is 3.86. The molecule has 21 heavy (non-hydrogen) atoms. The first-order chi connectivity index (χ1) is 9.93. The molecule has 4 nitrogen and oxygen atoms in total. The highest BCUT2D eigenvalue weighted by Crippen LogP contribution is 2.21. The van der Waals surface area contributed by atoms with Crippen LogP contribution >= 0.6 is 0 Å². The Balaban J connectivity index is 2.29.